The molecule has 14 heavy (non-hydrogen) atoms. The van der Waals surface area contributed by atoms with E-state index in [2.05, 4.69) is 17.9 Å². The molecule has 0 aromatic heterocycles. The molecular formula is C12H23FO. The first-order chi connectivity index (χ1) is 6.57. The van der Waals surface area contributed by atoms with Gasteiger partial charge in [0.15, 0.2) is 0 Å². The summed E-state index contributed by atoms with van der Waals surface area (Å²) in [6.45, 7) is 16.4. The van der Waals surface area contributed by atoms with E-state index in [1.807, 2.05) is 27.7 Å². The van der Waals surface area contributed by atoms with Crippen molar-refractivity contribution in [2.75, 3.05) is 7.11 Å². The van der Waals surface area contributed by atoms with E-state index >= 15 is 0 Å². The lowest BCUT2D eigenvalue weighted by Gasteiger charge is -1.97. The number of ether oxygens (including phenoxy) is 1. The van der Waals surface area contributed by atoms with E-state index in [0.29, 0.717) is 11.3 Å². The number of rotatable bonds is 3. The van der Waals surface area contributed by atoms with Crippen LogP contribution in [0.5, 0.6) is 0 Å². The highest BCUT2D eigenvalue weighted by molar-refractivity contribution is 5.25. The van der Waals surface area contributed by atoms with E-state index in [1.165, 1.54) is 13.2 Å². The maximum Gasteiger partial charge on any atom is 0.129 e. The lowest BCUT2D eigenvalue weighted by molar-refractivity contribution is 0.307. The zero-order valence-corrected chi connectivity index (χ0v) is 10.3. The number of halogens is 1. The summed E-state index contributed by atoms with van der Waals surface area (Å²) in [5.74, 6) is -0.104. The SMILES string of the molecule is C=C(/C=C(/F)C(=C)C)OC.CC.CC. The van der Waals surface area contributed by atoms with Crippen molar-refractivity contribution in [3.05, 3.63) is 36.4 Å². The normalized spacial score (nSPS) is 8.64. The molecule has 0 N–H and O–H groups in total. The molecule has 0 aromatic rings. The second-order valence-corrected chi connectivity index (χ2v) is 1.94. The van der Waals surface area contributed by atoms with Crippen molar-refractivity contribution in [1.82, 2.24) is 0 Å². The molecule has 0 unspecified atom stereocenters. The minimum Gasteiger partial charge on any atom is -0.497 e. The van der Waals surface area contributed by atoms with Crippen LogP contribution in [0.25, 0.3) is 0 Å². The van der Waals surface area contributed by atoms with Gasteiger partial charge in [0.1, 0.15) is 11.6 Å². The zero-order valence-electron chi connectivity index (χ0n) is 10.3. The van der Waals surface area contributed by atoms with Gasteiger partial charge in [-0.05, 0) is 12.5 Å². The Labute approximate surface area is 88.0 Å². The third-order valence-corrected chi connectivity index (χ3v) is 0.958. The van der Waals surface area contributed by atoms with Gasteiger partial charge in [-0.15, -0.1) is 0 Å². The Balaban J connectivity index is -0.000000266. The van der Waals surface area contributed by atoms with Gasteiger partial charge in [0.25, 0.3) is 0 Å². The summed E-state index contributed by atoms with van der Waals surface area (Å²) >= 11 is 0. The highest BCUT2D eigenvalue weighted by Gasteiger charge is 1.94. The van der Waals surface area contributed by atoms with Crippen LogP contribution in [0.4, 0.5) is 4.39 Å². The lowest BCUT2D eigenvalue weighted by Crippen LogP contribution is -1.81. The maximum absolute atomic E-state index is 12.6. The van der Waals surface area contributed by atoms with Crippen LogP contribution in [0, 0.1) is 0 Å². The van der Waals surface area contributed by atoms with Crippen molar-refractivity contribution >= 4 is 0 Å². The molecule has 0 fully saturated rings. The molecule has 1 nitrogen and oxygen atoms in total. The van der Waals surface area contributed by atoms with Crippen LogP contribution in [0.15, 0.2) is 36.4 Å². The first-order valence-corrected chi connectivity index (χ1v) is 4.84. The van der Waals surface area contributed by atoms with Crippen LogP contribution in [-0.4, -0.2) is 7.11 Å². The Kier molecular flexibility index (Phi) is 19.3. The van der Waals surface area contributed by atoms with Crippen molar-refractivity contribution < 1.29 is 9.13 Å². The van der Waals surface area contributed by atoms with Gasteiger partial charge in [0, 0.05) is 6.08 Å². The lowest BCUT2D eigenvalue weighted by atomic mass is 10.3. The molecule has 0 bridgehead atoms. The molecule has 0 aromatic carbocycles. The standard InChI is InChI=1S/C8H11FO.2C2H6/c1-6(2)8(9)5-7(3)10-4;2*1-2/h5H,1,3H2,2,4H3;2*1-2H3/b8-5+;;. The van der Waals surface area contributed by atoms with E-state index in [0.717, 1.165) is 0 Å². The van der Waals surface area contributed by atoms with Crippen LogP contribution in [0.1, 0.15) is 34.6 Å². The van der Waals surface area contributed by atoms with Crippen LogP contribution >= 0.6 is 0 Å². The average molecular weight is 202 g/mol. The minimum absolute atomic E-state index is 0.292. The molecule has 0 rings (SSSR count). The monoisotopic (exact) mass is 202 g/mol. The number of hydrogen-bond acceptors (Lipinski definition) is 1. The highest BCUT2D eigenvalue weighted by Crippen LogP contribution is 2.10. The average Bonchev–Trinajstić information content (AvgIpc) is 2.23. The van der Waals surface area contributed by atoms with Crippen LogP contribution in [0.2, 0.25) is 0 Å². The van der Waals surface area contributed by atoms with Crippen molar-refractivity contribution in [1.29, 1.82) is 0 Å². The van der Waals surface area contributed by atoms with Gasteiger partial charge < -0.3 is 4.74 Å². The smallest absolute Gasteiger partial charge is 0.129 e. The largest absolute Gasteiger partial charge is 0.497 e. The van der Waals surface area contributed by atoms with Crippen molar-refractivity contribution in [2.45, 2.75) is 34.6 Å². The van der Waals surface area contributed by atoms with Crippen LogP contribution in [0.3, 0.4) is 0 Å². The van der Waals surface area contributed by atoms with Crippen LogP contribution < -0.4 is 0 Å². The minimum atomic E-state index is -0.396. The Morgan fingerprint density at radius 1 is 1.14 bits per heavy atom. The highest BCUT2D eigenvalue weighted by atomic mass is 19.1. The summed E-state index contributed by atoms with van der Waals surface area (Å²) in [5.41, 5.74) is 0.373. The fourth-order valence-electron chi connectivity index (χ4n) is 0.323. The Hall–Kier alpha value is -1.05. The second-order valence-electron chi connectivity index (χ2n) is 1.94. The van der Waals surface area contributed by atoms with Crippen molar-refractivity contribution in [3.8, 4) is 0 Å². The predicted molar refractivity (Wildman–Crippen MR) is 62.9 cm³/mol. The summed E-state index contributed by atoms with van der Waals surface area (Å²) < 4.78 is 17.2. The van der Waals surface area contributed by atoms with Gasteiger partial charge >= 0.3 is 0 Å². The van der Waals surface area contributed by atoms with Crippen molar-refractivity contribution in [3.63, 3.8) is 0 Å². The summed E-state index contributed by atoms with van der Waals surface area (Å²) in [5, 5.41) is 0. The molecule has 0 saturated carbocycles. The van der Waals surface area contributed by atoms with Crippen LogP contribution in [-0.2, 0) is 4.74 Å². The number of methoxy groups -OCH3 is 1. The number of allylic oxidation sites excluding steroid dienone is 3. The van der Waals surface area contributed by atoms with Crippen molar-refractivity contribution in [2.24, 2.45) is 0 Å². The fraction of sp³-hybridized carbons (Fsp3) is 0.500. The molecule has 0 atom stereocenters. The van der Waals surface area contributed by atoms with Gasteiger partial charge in [0.05, 0.1) is 7.11 Å². The molecule has 84 valence electrons. The third-order valence-electron chi connectivity index (χ3n) is 0.958. The maximum atomic E-state index is 12.6. The topological polar surface area (TPSA) is 9.23 Å². The van der Waals surface area contributed by atoms with E-state index in [9.17, 15) is 4.39 Å². The molecule has 0 saturated heterocycles. The van der Waals surface area contributed by atoms with Gasteiger partial charge in [0.2, 0.25) is 0 Å². The van der Waals surface area contributed by atoms with E-state index in [1.54, 1.807) is 6.92 Å². The molecule has 0 aliphatic carbocycles. The Bertz CT molecular complexity index is 181. The molecule has 0 amide bonds. The quantitative estimate of drug-likeness (QED) is 0.479. The zero-order chi connectivity index (χ0) is 12.1. The van der Waals surface area contributed by atoms with E-state index < -0.39 is 5.83 Å². The summed E-state index contributed by atoms with van der Waals surface area (Å²) in [4.78, 5) is 0. The second kappa shape index (κ2) is 14.5. The molecule has 0 radical (unpaired) electrons. The van der Waals surface area contributed by atoms with Gasteiger partial charge in [-0.2, -0.15) is 0 Å². The predicted octanol–water partition coefficient (Wildman–Crippen LogP) is 4.63. The first-order valence-electron chi connectivity index (χ1n) is 4.84. The Morgan fingerprint density at radius 2 is 1.50 bits per heavy atom. The summed E-state index contributed by atoms with van der Waals surface area (Å²) in [7, 11) is 1.44. The molecule has 0 aliphatic rings. The van der Waals surface area contributed by atoms with Gasteiger partial charge in [-0.25, -0.2) is 4.39 Å². The Morgan fingerprint density at radius 3 is 1.71 bits per heavy atom. The summed E-state index contributed by atoms with van der Waals surface area (Å²) in [6.07, 6.45) is 1.20. The molecule has 2 heteroatoms. The summed E-state index contributed by atoms with van der Waals surface area (Å²) in [6, 6.07) is 0. The molecule has 0 aliphatic heterocycles. The van der Waals surface area contributed by atoms with Gasteiger partial charge in [-0.3, -0.25) is 0 Å². The first kappa shape index (κ1) is 18.7. The number of hydrogen-bond donors (Lipinski definition) is 0. The molecule has 0 heterocycles. The fourth-order valence-corrected chi connectivity index (χ4v) is 0.323. The molecular weight excluding hydrogens is 179 g/mol. The van der Waals surface area contributed by atoms with E-state index in [-0.39, 0.29) is 0 Å². The van der Waals surface area contributed by atoms with E-state index in [4.69, 9.17) is 0 Å². The molecule has 0 spiro atoms. The van der Waals surface area contributed by atoms with Gasteiger partial charge in [-0.1, -0.05) is 40.9 Å². The third kappa shape index (κ3) is 13.5.